The highest BCUT2D eigenvalue weighted by Crippen LogP contribution is 2.39. The lowest BCUT2D eigenvalue weighted by atomic mass is 9.87. The van der Waals surface area contributed by atoms with Gasteiger partial charge in [0, 0.05) is 27.2 Å². The molecular weight excluding hydrogens is 423 g/mol. The highest BCUT2D eigenvalue weighted by Gasteiger charge is 2.25. The summed E-state index contributed by atoms with van der Waals surface area (Å²) in [5.41, 5.74) is 3.34. The molecule has 6 heteroatoms. The number of benzene rings is 2. The summed E-state index contributed by atoms with van der Waals surface area (Å²) in [6, 6.07) is 13.2. The molecular formula is C26H25FN2O2S. The number of nitrogens with one attached hydrogen (secondary N) is 1. The molecule has 4 aromatic rings. The Kier molecular flexibility index (Phi) is 5.00. The first-order valence-corrected chi connectivity index (χ1v) is 12.1. The van der Waals surface area contributed by atoms with Crippen LogP contribution in [-0.4, -0.2) is 30.8 Å². The van der Waals surface area contributed by atoms with Gasteiger partial charge in [0.2, 0.25) is 0 Å². The van der Waals surface area contributed by atoms with Crippen LogP contribution in [0.2, 0.25) is 0 Å². The van der Waals surface area contributed by atoms with Crippen LogP contribution in [0.1, 0.15) is 22.6 Å². The number of aromatic nitrogens is 1. The van der Waals surface area contributed by atoms with Crippen molar-refractivity contribution in [2.75, 3.05) is 19.7 Å². The van der Waals surface area contributed by atoms with E-state index >= 15 is 0 Å². The van der Waals surface area contributed by atoms with Gasteiger partial charge in [0.1, 0.15) is 18.5 Å². The van der Waals surface area contributed by atoms with Gasteiger partial charge in [0.25, 0.3) is 0 Å². The number of halogens is 1. The number of nitrogens with zero attached hydrogens (tertiary/aromatic N) is 1. The summed E-state index contributed by atoms with van der Waals surface area (Å²) in [6.45, 7) is 4.23. The minimum absolute atomic E-state index is 0.0292. The third-order valence-corrected chi connectivity index (χ3v) is 7.80. The van der Waals surface area contributed by atoms with Crippen LogP contribution in [0.3, 0.4) is 0 Å². The molecule has 1 aliphatic carbocycles. The van der Waals surface area contributed by atoms with Gasteiger partial charge in [-0.05, 0) is 86.0 Å². The quantitative estimate of drug-likeness (QED) is 0.452. The van der Waals surface area contributed by atoms with E-state index in [1.165, 1.54) is 15.8 Å². The molecule has 0 unspecified atom stereocenters. The van der Waals surface area contributed by atoms with Gasteiger partial charge in [-0.1, -0.05) is 6.07 Å². The molecule has 32 heavy (non-hydrogen) atoms. The van der Waals surface area contributed by atoms with E-state index < -0.39 is 0 Å². The Bertz CT molecular complexity index is 1320. The van der Waals surface area contributed by atoms with Crippen molar-refractivity contribution in [3.63, 3.8) is 0 Å². The van der Waals surface area contributed by atoms with Crippen molar-refractivity contribution < 1.29 is 13.9 Å². The predicted octanol–water partition coefficient (Wildman–Crippen LogP) is 5.43. The number of aryl methyl sites for hydroxylation is 2. The van der Waals surface area contributed by atoms with E-state index in [2.05, 4.69) is 16.4 Å². The number of ether oxygens (including phenoxy) is 2. The van der Waals surface area contributed by atoms with Crippen LogP contribution in [0.15, 0.2) is 42.5 Å². The molecule has 0 bridgehead atoms. The third-order valence-electron chi connectivity index (χ3n) is 6.55. The van der Waals surface area contributed by atoms with E-state index in [0.717, 1.165) is 65.1 Å². The first-order valence-electron chi connectivity index (χ1n) is 11.2. The molecule has 2 aromatic carbocycles. The fraction of sp³-hybridized carbons (Fsp3) is 0.346. The molecule has 4 nitrogen and oxygen atoms in total. The van der Waals surface area contributed by atoms with Crippen molar-refractivity contribution in [2.45, 2.75) is 32.3 Å². The number of pyridine rings is 1. The highest BCUT2D eigenvalue weighted by molar-refractivity contribution is 7.19. The molecule has 2 aliphatic rings. The number of fused-ring (bicyclic) bond motifs is 6. The van der Waals surface area contributed by atoms with E-state index in [1.54, 1.807) is 23.5 Å². The largest absolute Gasteiger partial charge is 0.486 e. The van der Waals surface area contributed by atoms with E-state index in [0.29, 0.717) is 12.5 Å². The number of hydrogen-bond donors (Lipinski definition) is 1. The van der Waals surface area contributed by atoms with Gasteiger partial charge in [-0.3, -0.25) is 4.98 Å². The molecule has 0 amide bonds. The lowest BCUT2D eigenvalue weighted by molar-refractivity contribution is 0.0915. The molecule has 0 radical (unpaired) electrons. The molecule has 1 N–H and O–H groups in total. The Labute approximate surface area is 190 Å². The van der Waals surface area contributed by atoms with Crippen LogP contribution in [-0.2, 0) is 12.8 Å². The molecule has 2 aromatic heterocycles. The van der Waals surface area contributed by atoms with Gasteiger partial charge < -0.3 is 14.8 Å². The first-order chi connectivity index (χ1) is 15.6. The van der Waals surface area contributed by atoms with Crippen molar-refractivity contribution in [3.8, 4) is 11.5 Å². The molecule has 164 valence electrons. The molecule has 1 aliphatic heterocycles. The first kappa shape index (κ1) is 19.9. The smallest absolute Gasteiger partial charge is 0.171 e. The Hall–Kier alpha value is -2.70. The average Bonchev–Trinajstić information content (AvgIpc) is 3.15. The minimum Gasteiger partial charge on any atom is -0.486 e. The molecule has 6 rings (SSSR count). The number of hydrogen-bond acceptors (Lipinski definition) is 5. The highest BCUT2D eigenvalue weighted by atomic mass is 32.1. The van der Waals surface area contributed by atoms with E-state index in [4.69, 9.17) is 9.47 Å². The Morgan fingerprint density at radius 3 is 2.97 bits per heavy atom. The van der Waals surface area contributed by atoms with Crippen LogP contribution in [0, 0.1) is 18.7 Å². The van der Waals surface area contributed by atoms with Crippen LogP contribution in [0.4, 0.5) is 4.39 Å². The fourth-order valence-electron chi connectivity index (χ4n) is 4.93. The molecule has 2 atom stereocenters. The van der Waals surface area contributed by atoms with Crippen LogP contribution >= 0.6 is 11.3 Å². The van der Waals surface area contributed by atoms with Gasteiger partial charge in [-0.15, -0.1) is 11.3 Å². The summed E-state index contributed by atoms with van der Waals surface area (Å²) in [6.07, 6.45) is 3.26. The molecule has 0 saturated carbocycles. The second-order valence-corrected chi connectivity index (χ2v) is 10.0. The van der Waals surface area contributed by atoms with Crippen LogP contribution in [0.25, 0.3) is 21.0 Å². The topological polar surface area (TPSA) is 43.4 Å². The van der Waals surface area contributed by atoms with Gasteiger partial charge >= 0.3 is 0 Å². The van der Waals surface area contributed by atoms with Gasteiger partial charge in [-0.25, -0.2) is 4.39 Å². The van der Waals surface area contributed by atoms with E-state index in [1.807, 2.05) is 31.2 Å². The fourth-order valence-corrected chi connectivity index (χ4v) is 6.20. The maximum atomic E-state index is 13.6. The number of rotatable bonds is 4. The summed E-state index contributed by atoms with van der Waals surface area (Å²) in [7, 11) is 0. The zero-order valence-electron chi connectivity index (χ0n) is 18.0. The van der Waals surface area contributed by atoms with Crippen molar-refractivity contribution in [3.05, 3.63) is 64.4 Å². The summed E-state index contributed by atoms with van der Waals surface area (Å²) >= 11 is 1.76. The molecule has 0 saturated heterocycles. The lowest BCUT2D eigenvalue weighted by Gasteiger charge is -2.29. The minimum atomic E-state index is -0.149. The third kappa shape index (κ3) is 3.61. The Morgan fingerprint density at radius 1 is 1.12 bits per heavy atom. The monoisotopic (exact) mass is 448 g/mol. The Balaban J connectivity index is 1.10. The second kappa shape index (κ2) is 8.01. The standard InChI is InChI=1S/C26H25FN2O2S/c1-15-2-5-20-22(29-15)7-8-23-26(20)31-18(14-30-23)13-28-12-16-3-9-24-21(10-16)19-6-4-17(27)11-25(19)32-24/h2,4-8,11,16,18,28H,3,9-10,12-14H2,1H3/t16-,18-/m0/s1. The zero-order chi connectivity index (χ0) is 21.7. The lowest BCUT2D eigenvalue weighted by Crippen LogP contribution is -2.40. The number of thiophene rings is 1. The van der Waals surface area contributed by atoms with Gasteiger partial charge in [-0.2, -0.15) is 0 Å². The van der Waals surface area contributed by atoms with Gasteiger partial charge in [0.05, 0.1) is 5.52 Å². The molecule has 0 spiro atoms. The predicted molar refractivity (Wildman–Crippen MR) is 127 cm³/mol. The van der Waals surface area contributed by atoms with Crippen molar-refractivity contribution in [1.82, 2.24) is 10.3 Å². The molecule has 0 fully saturated rings. The van der Waals surface area contributed by atoms with E-state index in [9.17, 15) is 4.39 Å². The SMILES string of the molecule is Cc1ccc2c3c(ccc2n1)OC[C@H](CNC[C@H]1CCc2sc4cc(F)ccc4c2C1)O3. The summed E-state index contributed by atoms with van der Waals surface area (Å²) in [5, 5.41) is 5.84. The maximum absolute atomic E-state index is 13.6. The molecule has 3 heterocycles. The zero-order valence-corrected chi connectivity index (χ0v) is 18.8. The normalized spacial score (nSPS) is 19.9. The average molecular weight is 449 g/mol. The van der Waals surface area contributed by atoms with Crippen molar-refractivity contribution in [1.29, 1.82) is 0 Å². The van der Waals surface area contributed by atoms with Crippen LogP contribution in [0.5, 0.6) is 11.5 Å². The Morgan fingerprint density at radius 2 is 2.03 bits per heavy atom. The van der Waals surface area contributed by atoms with Gasteiger partial charge in [0.15, 0.2) is 11.5 Å². The summed E-state index contributed by atoms with van der Waals surface area (Å²) in [4.78, 5) is 6.03. The van der Waals surface area contributed by atoms with E-state index in [-0.39, 0.29) is 11.9 Å². The van der Waals surface area contributed by atoms with Crippen LogP contribution < -0.4 is 14.8 Å². The summed E-state index contributed by atoms with van der Waals surface area (Å²) < 4.78 is 27.0. The van der Waals surface area contributed by atoms with Crippen molar-refractivity contribution >= 4 is 32.3 Å². The van der Waals surface area contributed by atoms with Crippen molar-refractivity contribution in [2.24, 2.45) is 5.92 Å². The summed E-state index contributed by atoms with van der Waals surface area (Å²) in [5.74, 6) is 2.02. The second-order valence-electron chi connectivity index (χ2n) is 8.87. The maximum Gasteiger partial charge on any atom is 0.171 e.